The van der Waals surface area contributed by atoms with E-state index in [2.05, 4.69) is 5.16 Å². The summed E-state index contributed by atoms with van der Waals surface area (Å²) >= 11 is 0. The fraction of sp³-hybridized carbons (Fsp3) is 0.471. The average molecular weight is 350 g/mol. The number of methoxy groups -OCH3 is 1. The molecule has 130 valence electrons. The van der Waals surface area contributed by atoms with Crippen LogP contribution in [0.2, 0.25) is 0 Å². The lowest BCUT2D eigenvalue weighted by atomic mass is 9.93. The second kappa shape index (κ2) is 6.57. The van der Waals surface area contributed by atoms with Crippen molar-refractivity contribution < 1.29 is 17.7 Å². The molecule has 1 aliphatic rings. The minimum atomic E-state index is -3.43. The van der Waals surface area contributed by atoms with Gasteiger partial charge in [0.1, 0.15) is 5.76 Å². The Morgan fingerprint density at radius 2 is 1.79 bits per heavy atom. The van der Waals surface area contributed by atoms with Crippen molar-refractivity contribution >= 4 is 10.0 Å². The summed E-state index contributed by atoms with van der Waals surface area (Å²) in [5, 5.41) is 3.90. The number of rotatable bonds is 4. The number of aromatic nitrogens is 1. The van der Waals surface area contributed by atoms with Gasteiger partial charge in [0.2, 0.25) is 10.0 Å². The van der Waals surface area contributed by atoms with Crippen molar-refractivity contribution in [3.63, 3.8) is 0 Å². The number of piperidine rings is 1. The van der Waals surface area contributed by atoms with Crippen molar-refractivity contribution in [2.45, 2.75) is 37.5 Å². The van der Waals surface area contributed by atoms with Gasteiger partial charge in [0.05, 0.1) is 17.6 Å². The van der Waals surface area contributed by atoms with Crippen molar-refractivity contribution in [1.82, 2.24) is 9.46 Å². The first-order valence-corrected chi connectivity index (χ1v) is 9.44. The second-order valence-electron chi connectivity index (χ2n) is 6.17. The maximum absolute atomic E-state index is 12.7. The molecule has 1 aromatic carbocycles. The molecule has 1 aromatic heterocycles. The van der Waals surface area contributed by atoms with Crippen LogP contribution in [-0.4, -0.2) is 38.1 Å². The standard InChI is InChI=1S/C17H22N2O4S/c1-12-4-6-15(7-5-12)24(20,21)19-10-8-14(9-11-19)16-13(2)17(22-3)18-23-16/h4-7,14H,8-11H2,1-3H3. The summed E-state index contributed by atoms with van der Waals surface area (Å²) in [6.45, 7) is 4.81. The van der Waals surface area contributed by atoms with Gasteiger partial charge < -0.3 is 9.26 Å². The van der Waals surface area contributed by atoms with Crippen LogP contribution in [0.25, 0.3) is 0 Å². The summed E-state index contributed by atoms with van der Waals surface area (Å²) in [7, 11) is -1.87. The lowest BCUT2D eigenvalue weighted by Gasteiger charge is -2.30. The third-order valence-corrected chi connectivity index (χ3v) is 6.51. The molecule has 24 heavy (non-hydrogen) atoms. The zero-order valence-electron chi connectivity index (χ0n) is 14.2. The molecule has 7 heteroatoms. The number of benzene rings is 1. The summed E-state index contributed by atoms with van der Waals surface area (Å²) in [6.07, 6.45) is 1.43. The molecule has 0 bridgehead atoms. The Labute approximate surface area is 142 Å². The predicted octanol–water partition coefficient (Wildman–Crippen LogP) is 2.87. The molecular weight excluding hydrogens is 328 g/mol. The van der Waals surface area contributed by atoms with Gasteiger partial charge in [-0.2, -0.15) is 4.31 Å². The minimum absolute atomic E-state index is 0.172. The minimum Gasteiger partial charge on any atom is -0.479 e. The summed E-state index contributed by atoms with van der Waals surface area (Å²) < 4.78 is 37.6. The van der Waals surface area contributed by atoms with Crippen LogP contribution in [0, 0.1) is 13.8 Å². The Morgan fingerprint density at radius 3 is 2.33 bits per heavy atom. The highest BCUT2D eigenvalue weighted by molar-refractivity contribution is 7.89. The number of aryl methyl sites for hydroxylation is 1. The lowest BCUT2D eigenvalue weighted by molar-refractivity contribution is 0.268. The summed E-state index contributed by atoms with van der Waals surface area (Å²) in [6, 6.07) is 6.98. The zero-order chi connectivity index (χ0) is 17.3. The molecule has 0 atom stereocenters. The normalized spacial score (nSPS) is 17.1. The molecule has 6 nitrogen and oxygen atoms in total. The fourth-order valence-corrected chi connectivity index (χ4v) is 4.59. The molecule has 0 amide bonds. The van der Waals surface area contributed by atoms with E-state index in [4.69, 9.17) is 9.26 Å². The van der Waals surface area contributed by atoms with Crippen molar-refractivity contribution in [2.75, 3.05) is 20.2 Å². The van der Waals surface area contributed by atoms with Crippen LogP contribution in [0.1, 0.15) is 35.6 Å². The van der Waals surface area contributed by atoms with E-state index in [1.54, 1.807) is 23.5 Å². The number of ether oxygens (including phenoxy) is 1. The molecule has 0 radical (unpaired) electrons. The van der Waals surface area contributed by atoms with Crippen LogP contribution in [0.4, 0.5) is 0 Å². The van der Waals surface area contributed by atoms with Crippen LogP contribution in [-0.2, 0) is 10.0 Å². The van der Waals surface area contributed by atoms with Crippen molar-refractivity contribution in [2.24, 2.45) is 0 Å². The van der Waals surface area contributed by atoms with E-state index >= 15 is 0 Å². The van der Waals surface area contributed by atoms with Crippen LogP contribution < -0.4 is 4.74 Å². The first kappa shape index (κ1) is 17.0. The molecule has 1 fully saturated rings. The molecule has 0 aliphatic carbocycles. The van der Waals surface area contributed by atoms with E-state index in [9.17, 15) is 8.42 Å². The number of hydrogen-bond acceptors (Lipinski definition) is 5. The Morgan fingerprint density at radius 1 is 1.17 bits per heavy atom. The van der Waals surface area contributed by atoms with Crippen LogP contribution in [0.3, 0.4) is 0 Å². The van der Waals surface area contributed by atoms with Gasteiger partial charge in [-0.1, -0.05) is 17.7 Å². The van der Waals surface area contributed by atoms with Gasteiger partial charge in [-0.25, -0.2) is 8.42 Å². The maximum atomic E-state index is 12.7. The van der Waals surface area contributed by atoms with Gasteiger partial charge in [-0.15, -0.1) is 0 Å². The molecule has 3 rings (SSSR count). The van der Waals surface area contributed by atoms with Gasteiger partial charge in [0, 0.05) is 19.0 Å². The lowest BCUT2D eigenvalue weighted by Crippen LogP contribution is -2.37. The van der Waals surface area contributed by atoms with E-state index in [-0.39, 0.29) is 5.92 Å². The quantitative estimate of drug-likeness (QED) is 0.848. The van der Waals surface area contributed by atoms with Crippen molar-refractivity contribution in [1.29, 1.82) is 0 Å². The van der Waals surface area contributed by atoms with Gasteiger partial charge in [0.15, 0.2) is 0 Å². The molecule has 0 N–H and O–H groups in total. The van der Waals surface area contributed by atoms with E-state index < -0.39 is 10.0 Å². The summed E-state index contributed by atoms with van der Waals surface area (Å²) in [4.78, 5) is 0.351. The number of sulfonamides is 1. The largest absolute Gasteiger partial charge is 0.479 e. The van der Waals surface area contributed by atoms with Gasteiger partial charge in [-0.3, -0.25) is 0 Å². The molecule has 0 unspecified atom stereocenters. The third-order valence-electron chi connectivity index (χ3n) is 4.59. The third kappa shape index (κ3) is 3.06. The predicted molar refractivity (Wildman–Crippen MR) is 89.7 cm³/mol. The second-order valence-corrected chi connectivity index (χ2v) is 8.11. The van der Waals surface area contributed by atoms with Crippen molar-refractivity contribution in [3.8, 4) is 5.88 Å². The van der Waals surface area contributed by atoms with Gasteiger partial charge >= 0.3 is 0 Å². The van der Waals surface area contributed by atoms with E-state index in [0.29, 0.717) is 36.7 Å². The van der Waals surface area contributed by atoms with Gasteiger partial charge in [-0.05, 0) is 44.0 Å². The topological polar surface area (TPSA) is 72.6 Å². The molecule has 2 heterocycles. The first-order valence-electron chi connectivity index (χ1n) is 8.00. The van der Waals surface area contributed by atoms with Crippen LogP contribution in [0.5, 0.6) is 5.88 Å². The van der Waals surface area contributed by atoms with Crippen molar-refractivity contribution in [3.05, 3.63) is 41.2 Å². The smallest absolute Gasteiger partial charge is 0.257 e. The van der Waals surface area contributed by atoms with E-state index in [1.165, 1.54) is 0 Å². The molecule has 1 saturated heterocycles. The van der Waals surface area contributed by atoms with Gasteiger partial charge in [0.25, 0.3) is 5.88 Å². The average Bonchev–Trinajstić information content (AvgIpc) is 2.96. The SMILES string of the molecule is COc1noc(C2CCN(S(=O)(=O)c3ccc(C)cc3)CC2)c1C. The summed E-state index contributed by atoms with van der Waals surface area (Å²) in [5.41, 5.74) is 1.94. The zero-order valence-corrected chi connectivity index (χ0v) is 15.0. The van der Waals surface area contributed by atoms with E-state index in [1.807, 2.05) is 26.0 Å². The first-order chi connectivity index (χ1) is 11.4. The Hall–Kier alpha value is -1.86. The number of hydrogen-bond donors (Lipinski definition) is 0. The van der Waals surface area contributed by atoms with E-state index in [0.717, 1.165) is 16.9 Å². The molecule has 1 aliphatic heterocycles. The molecule has 2 aromatic rings. The molecule has 0 saturated carbocycles. The highest BCUT2D eigenvalue weighted by Crippen LogP contribution is 2.35. The molecular formula is C17H22N2O4S. The molecule has 0 spiro atoms. The Balaban J connectivity index is 1.72. The summed E-state index contributed by atoms with van der Waals surface area (Å²) in [5.74, 6) is 1.48. The Kier molecular flexibility index (Phi) is 4.64. The number of nitrogens with zero attached hydrogens (tertiary/aromatic N) is 2. The fourth-order valence-electron chi connectivity index (χ4n) is 3.12. The van der Waals surface area contributed by atoms with Crippen LogP contribution in [0.15, 0.2) is 33.7 Å². The van der Waals surface area contributed by atoms with Crippen LogP contribution >= 0.6 is 0 Å². The highest BCUT2D eigenvalue weighted by Gasteiger charge is 2.32. The monoisotopic (exact) mass is 350 g/mol. The highest BCUT2D eigenvalue weighted by atomic mass is 32.2. The maximum Gasteiger partial charge on any atom is 0.257 e. The Bertz CT molecular complexity index is 804.